The Morgan fingerprint density at radius 3 is 1.79 bits per heavy atom. The van der Waals surface area contributed by atoms with Crippen LogP contribution in [0.25, 0.3) is 0 Å². The quantitative estimate of drug-likeness (QED) is 0.589. The fraction of sp³-hybridized carbons (Fsp3) is 0.818. The van der Waals surface area contributed by atoms with Crippen molar-refractivity contribution in [1.29, 1.82) is 10.5 Å². The lowest BCUT2D eigenvalue weighted by molar-refractivity contribution is 0.0475. The van der Waals surface area contributed by atoms with Crippen molar-refractivity contribution in [3.05, 3.63) is 0 Å². The van der Waals surface area contributed by atoms with Gasteiger partial charge in [0.25, 0.3) is 0 Å². The topological polar surface area (TPSA) is 50.8 Å². The van der Waals surface area contributed by atoms with Gasteiger partial charge in [-0.2, -0.15) is 10.5 Å². The summed E-state index contributed by atoms with van der Waals surface area (Å²) in [6.07, 6.45) is 2.78. The standard InChI is InChI=1S/C11H17N3/c1-11(2,3)14-9(7-12)5-4-6-10(14)8-13/h9-10H,4-6H2,1-3H3. The molecule has 0 spiro atoms. The normalized spacial score (nSPS) is 29.2. The SMILES string of the molecule is CC(C)(C)N1C(C#N)CCCC1C#N. The fourth-order valence-electron chi connectivity index (χ4n) is 2.19. The van der Waals surface area contributed by atoms with Crippen molar-refractivity contribution in [2.45, 2.75) is 57.7 Å². The second kappa shape index (κ2) is 3.98. The molecule has 0 amide bonds. The van der Waals surface area contributed by atoms with Gasteiger partial charge in [0.15, 0.2) is 0 Å². The molecule has 0 saturated carbocycles. The smallest absolute Gasteiger partial charge is 0.0992 e. The molecule has 1 aliphatic rings. The van der Waals surface area contributed by atoms with E-state index in [4.69, 9.17) is 10.5 Å². The highest BCUT2D eigenvalue weighted by Crippen LogP contribution is 2.29. The number of hydrogen-bond acceptors (Lipinski definition) is 3. The summed E-state index contributed by atoms with van der Waals surface area (Å²) in [5.41, 5.74) is -0.0960. The van der Waals surface area contributed by atoms with E-state index in [0.717, 1.165) is 19.3 Å². The van der Waals surface area contributed by atoms with Crippen molar-refractivity contribution in [3.8, 4) is 12.1 Å². The number of hydrogen-bond donors (Lipinski definition) is 0. The minimum absolute atomic E-state index is 0.0894. The zero-order valence-electron chi connectivity index (χ0n) is 9.12. The third kappa shape index (κ3) is 2.05. The van der Waals surface area contributed by atoms with E-state index in [-0.39, 0.29) is 17.6 Å². The molecular weight excluding hydrogens is 174 g/mol. The van der Waals surface area contributed by atoms with Crippen LogP contribution in [-0.2, 0) is 0 Å². The summed E-state index contributed by atoms with van der Waals surface area (Å²) in [6, 6.07) is 4.42. The number of likely N-dealkylation sites (tertiary alicyclic amines) is 1. The Kier molecular flexibility index (Phi) is 3.13. The summed E-state index contributed by atoms with van der Waals surface area (Å²) >= 11 is 0. The van der Waals surface area contributed by atoms with E-state index in [1.165, 1.54) is 0 Å². The van der Waals surface area contributed by atoms with Crippen LogP contribution >= 0.6 is 0 Å². The van der Waals surface area contributed by atoms with Gasteiger partial charge in [-0.15, -0.1) is 0 Å². The molecule has 3 heteroatoms. The van der Waals surface area contributed by atoms with Gasteiger partial charge in [0.1, 0.15) is 0 Å². The van der Waals surface area contributed by atoms with Crippen molar-refractivity contribution in [2.75, 3.05) is 0 Å². The Balaban J connectivity index is 2.92. The summed E-state index contributed by atoms with van der Waals surface area (Å²) in [6.45, 7) is 6.19. The first-order chi connectivity index (χ1) is 6.50. The molecule has 0 radical (unpaired) electrons. The average Bonchev–Trinajstić information content (AvgIpc) is 2.15. The maximum absolute atomic E-state index is 9.04. The van der Waals surface area contributed by atoms with Crippen LogP contribution in [0.3, 0.4) is 0 Å². The molecule has 1 rings (SSSR count). The molecule has 2 atom stereocenters. The van der Waals surface area contributed by atoms with Crippen molar-refractivity contribution < 1.29 is 0 Å². The van der Waals surface area contributed by atoms with E-state index in [2.05, 4.69) is 37.8 Å². The lowest BCUT2D eigenvalue weighted by Crippen LogP contribution is -2.55. The Hall–Kier alpha value is -1.06. The molecule has 1 aliphatic heterocycles. The molecule has 0 aromatic rings. The van der Waals surface area contributed by atoms with Crippen LogP contribution in [0.5, 0.6) is 0 Å². The highest BCUT2D eigenvalue weighted by Gasteiger charge is 2.37. The number of nitriles is 2. The van der Waals surface area contributed by atoms with Crippen LogP contribution in [0.4, 0.5) is 0 Å². The zero-order valence-corrected chi connectivity index (χ0v) is 9.12. The zero-order chi connectivity index (χ0) is 10.8. The van der Waals surface area contributed by atoms with Gasteiger partial charge in [0.2, 0.25) is 0 Å². The predicted octanol–water partition coefficient (Wildman–Crippen LogP) is 2.06. The number of piperidine rings is 1. The fourth-order valence-corrected chi connectivity index (χ4v) is 2.19. The van der Waals surface area contributed by atoms with Gasteiger partial charge in [0.05, 0.1) is 24.2 Å². The van der Waals surface area contributed by atoms with Crippen LogP contribution < -0.4 is 0 Å². The van der Waals surface area contributed by atoms with Crippen LogP contribution in [0.2, 0.25) is 0 Å². The Morgan fingerprint density at radius 1 is 1.07 bits per heavy atom. The monoisotopic (exact) mass is 191 g/mol. The third-order valence-electron chi connectivity index (χ3n) is 2.70. The second-order valence-corrected chi connectivity index (χ2v) is 4.80. The first kappa shape index (κ1) is 11.0. The molecule has 0 aliphatic carbocycles. The molecule has 1 fully saturated rings. The summed E-state index contributed by atoms with van der Waals surface area (Å²) in [4.78, 5) is 2.05. The minimum Gasteiger partial charge on any atom is -0.267 e. The highest BCUT2D eigenvalue weighted by atomic mass is 15.2. The summed E-state index contributed by atoms with van der Waals surface area (Å²) < 4.78 is 0. The first-order valence-electron chi connectivity index (χ1n) is 5.08. The van der Waals surface area contributed by atoms with Gasteiger partial charge >= 0.3 is 0 Å². The van der Waals surface area contributed by atoms with E-state index in [9.17, 15) is 0 Å². The summed E-state index contributed by atoms with van der Waals surface area (Å²) in [5, 5.41) is 18.1. The molecule has 0 bridgehead atoms. The molecular formula is C11H17N3. The van der Waals surface area contributed by atoms with Gasteiger partial charge in [0, 0.05) is 5.54 Å². The molecule has 2 unspecified atom stereocenters. The van der Waals surface area contributed by atoms with Crippen molar-refractivity contribution in [3.63, 3.8) is 0 Å². The molecule has 0 aromatic heterocycles. The molecule has 76 valence electrons. The number of nitrogens with zero attached hydrogens (tertiary/aromatic N) is 3. The maximum Gasteiger partial charge on any atom is 0.0992 e. The van der Waals surface area contributed by atoms with Gasteiger partial charge in [-0.25, -0.2) is 0 Å². The summed E-state index contributed by atoms with van der Waals surface area (Å²) in [7, 11) is 0. The van der Waals surface area contributed by atoms with Crippen molar-refractivity contribution in [2.24, 2.45) is 0 Å². The number of rotatable bonds is 0. The van der Waals surface area contributed by atoms with Gasteiger partial charge in [-0.05, 0) is 40.0 Å². The maximum atomic E-state index is 9.04. The van der Waals surface area contributed by atoms with Crippen LogP contribution in [-0.4, -0.2) is 22.5 Å². The predicted molar refractivity (Wildman–Crippen MR) is 54.2 cm³/mol. The third-order valence-corrected chi connectivity index (χ3v) is 2.70. The lowest BCUT2D eigenvalue weighted by atomic mass is 9.90. The van der Waals surface area contributed by atoms with Crippen LogP contribution in [0.15, 0.2) is 0 Å². The Bertz CT molecular complexity index is 254. The van der Waals surface area contributed by atoms with Crippen LogP contribution in [0.1, 0.15) is 40.0 Å². The van der Waals surface area contributed by atoms with E-state index < -0.39 is 0 Å². The van der Waals surface area contributed by atoms with Crippen molar-refractivity contribution >= 4 is 0 Å². The molecule has 0 N–H and O–H groups in total. The van der Waals surface area contributed by atoms with E-state index >= 15 is 0 Å². The molecule has 1 saturated heterocycles. The van der Waals surface area contributed by atoms with E-state index in [0.29, 0.717) is 0 Å². The van der Waals surface area contributed by atoms with Crippen LogP contribution in [0, 0.1) is 22.7 Å². The van der Waals surface area contributed by atoms with E-state index in [1.54, 1.807) is 0 Å². The molecule has 14 heavy (non-hydrogen) atoms. The van der Waals surface area contributed by atoms with Gasteiger partial charge < -0.3 is 0 Å². The molecule has 3 nitrogen and oxygen atoms in total. The average molecular weight is 191 g/mol. The largest absolute Gasteiger partial charge is 0.267 e. The Labute approximate surface area is 85.9 Å². The minimum atomic E-state index is -0.0960. The van der Waals surface area contributed by atoms with E-state index in [1.807, 2.05) is 0 Å². The molecule has 1 heterocycles. The first-order valence-corrected chi connectivity index (χ1v) is 5.08. The Morgan fingerprint density at radius 2 is 1.50 bits per heavy atom. The van der Waals surface area contributed by atoms with Gasteiger partial charge in [-0.3, -0.25) is 4.90 Å². The second-order valence-electron chi connectivity index (χ2n) is 4.80. The lowest BCUT2D eigenvalue weighted by Gasteiger charge is -2.44. The van der Waals surface area contributed by atoms with Gasteiger partial charge in [-0.1, -0.05) is 0 Å². The highest BCUT2D eigenvalue weighted by molar-refractivity contribution is 5.07. The summed E-state index contributed by atoms with van der Waals surface area (Å²) in [5.74, 6) is 0. The molecule has 0 aromatic carbocycles. The van der Waals surface area contributed by atoms with Crippen molar-refractivity contribution in [1.82, 2.24) is 4.90 Å².